The summed E-state index contributed by atoms with van der Waals surface area (Å²) >= 11 is 1.61. The van der Waals surface area contributed by atoms with Gasteiger partial charge in [-0.2, -0.15) is 0 Å². The first-order valence-corrected chi connectivity index (χ1v) is 8.30. The van der Waals surface area contributed by atoms with E-state index in [4.69, 9.17) is 0 Å². The monoisotopic (exact) mass is 294 g/mol. The number of hydrogen-bond acceptors (Lipinski definition) is 4. The van der Waals surface area contributed by atoms with Crippen molar-refractivity contribution in [2.24, 2.45) is 0 Å². The van der Waals surface area contributed by atoms with Crippen molar-refractivity contribution in [3.8, 4) is 0 Å². The summed E-state index contributed by atoms with van der Waals surface area (Å²) < 4.78 is 0. The first-order chi connectivity index (χ1) is 9.72. The van der Waals surface area contributed by atoms with Gasteiger partial charge in [-0.25, -0.2) is 9.78 Å². The molecule has 0 aromatic carbocycles. The zero-order chi connectivity index (χ0) is 13.9. The summed E-state index contributed by atoms with van der Waals surface area (Å²) in [6.07, 6.45) is 4.89. The number of thiazole rings is 1. The molecule has 2 atom stereocenters. The lowest BCUT2D eigenvalue weighted by molar-refractivity contribution is 0.179. The maximum absolute atomic E-state index is 12.0. The zero-order valence-corrected chi connectivity index (χ0v) is 12.7. The highest BCUT2D eigenvalue weighted by Crippen LogP contribution is 2.26. The van der Waals surface area contributed by atoms with Gasteiger partial charge in [0.1, 0.15) is 0 Å². The molecule has 2 saturated heterocycles. The number of fused-ring (bicyclic) bond motifs is 1. The highest BCUT2D eigenvalue weighted by Gasteiger charge is 2.36. The second kappa shape index (κ2) is 6.10. The van der Waals surface area contributed by atoms with Gasteiger partial charge in [0.15, 0.2) is 0 Å². The number of carbonyl (C=O) groups is 1. The van der Waals surface area contributed by atoms with E-state index >= 15 is 0 Å². The Hall–Kier alpha value is -1.14. The van der Waals surface area contributed by atoms with E-state index < -0.39 is 0 Å². The lowest BCUT2D eigenvalue weighted by atomic mass is 9.99. The van der Waals surface area contributed by atoms with Gasteiger partial charge in [0.05, 0.1) is 17.2 Å². The maximum atomic E-state index is 12.0. The number of nitrogens with zero attached hydrogens (tertiary/aromatic N) is 2. The number of hydrogen-bond donors (Lipinski definition) is 2. The molecule has 2 aliphatic rings. The molecular formula is C14H22N4OS. The highest BCUT2D eigenvalue weighted by atomic mass is 32.1. The predicted octanol–water partition coefficient (Wildman–Crippen LogP) is 1.88. The number of piperidine rings is 1. The molecule has 2 fully saturated rings. The van der Waals surface area contributed by atoms with Crippen LogP contribution >= 0.6 is 11.3 Å². The number of amides is 2. The van der Waals surface area contributed by atoms with Crippen LogP contribution in [0.15, 0.2) is 5.38 Å². The minimum atomic E-state index is -0.0620. The minimum absolute atomic E-state index is 0.0620. The zero-order valence-electron chi connectivity index (χ0n) is 11.9. The number of aromatic nitrogens is 1. The average Bonchev–Trinajstić information content (AvgIpc) is 3.04. The quantitative estimate of drug-likeness (QED) is 0.895. The van der Waals surface area contributed by atoms with Crippen LogP contribution in [0.5, 0.6) is 0 Å². The number of urea groups is 1. The maximum Gasteiger partial charge on any atom is 0.315 e. The van der Waals surface area contributed by atoms with Crippen molar-refractivity contribution in [3.63, 3.8) is 0 Å². The smallest absolute Gasteiger partial charge is 0.315 e. The third-order valence-electron chi connectivity index (χ3n) is 4.27. The van der Waals surface area contributed by atoms with Gasteiger partial charge in [0, 0.05) is 24.0 Å². The lowest BCUT2D eigenvalue weighted by Gasteiger charge is -2.32. The molecule has 3 rings (SSSR count). The van der Waals surface area contributed by atoms with E-state index in [-0.39, 0.29) is 6.03 Å². The van der Waals surface area contributed by atoms with E-state index in [1.807, 2.05) is 12.3 Å². The lowest BCUT2D eigenvalue weighted by Crippen LogP contribution is -2.49. The van der Waals surface area contributed by atoms with Gasteiger partial charge in [-0.3, -0.25) is 4.90 Å². The number of rotatable bonds is 3. The summed E-state index contributed by atoms with van der Waals surface area (Å²) in [6.45, 7) is 4.81. The third-order valence-corrected chi connectivity index (χ3v) is 5.09. The fourth-order valence-corrected chi connectivity index (χ4v) is 3.91. The van der Waals surface area contributed by atoms with Crippen LogP contribution in [0.1, 0.15) is 36.4 Å². The normalized spacial score (nSPS) is 26.2. The fraction of sp³-hybridized carbons (Fsp3) is 0.714. The first kappa shape index (κ1) is 13.8. The van der Waals surface area contributed by atoms with Crippen LogP contribution in [0.2, 0.25) is 0 Å². The average molecular weight is 294 g/mol. The van der Waals surface area contributed by atoms with Crippen LogP contribution in [0, 0.1) is 6.92 Å². The van der Waals surface area contributed by atoms with Gasteiger partial charge in [0.25, 0.3) is 0 Å². The van der Waals surface area contributed by atoms with E-state index in [1.165, 1.54) is 25.8 Å². The molecule has 1 aromatic rings. The molecule has 2 amide bonds. The number of nitrogens with one attached hydrogen (secondary N) is 2. The Labute approximate surface area is 123 Å². The summed E-state index contributed by atoms with van der Waals surface area (Å²) in [6, 6.07) is 0.802. The molecule has 1 aromatic heterocycles. The topological polar surface area (TPSA) is 57.3 Å². The van der Waals surface area contributed by atoms with Gasteiger partial charge in [0.2, 0.25) is 0 Å². The molecule has 0 bridgehead atoms. The minimum Gasteiger partial charge on any atom is -0.334 e. The van der Waals surface area contributed by atoms with Gasteiger partial charge < -0.3 is 10.6 Å². The van der Waals surface area contributed by atoms with Crippen molar-refractivity contribution >= 4 is 17.4 Å². The molecule has 6 heteroatoms. The predicted molar refractivity (Wildman–Crippen MR) is 79.8 cm³/mol. The molecule has 20 heavy (non-hydrogen) atoms. The van der Waals surface area contributed by atoms with Crippen molar-refractivity contribution in [1.29, 1.82) is 0 Å². The molecule has 0 saturated carbocycles. The second-order valence-corrected chi connectivity index (χ2v) is 6.74. The van der Waals surface area contributed by atoms with E-state index in [0.29, 0.717) is 18.6 Å². The fourth-order valence-electron chi connectivity index (χ4n) is 3.30. The van der Waals surface area contributed by atoms with Crippen molar-refractivity contribution in [3.05, 3.63) is 16.1 Å². The van der Waals surface area contributed by atoms with E-state index in [0.717, 1.165) is 23.7 Å². The Balaban J connectivity index is 1.46. The largest absolute Gasteiger partial charge is 0.334 e. The summed E-state index contributed by atoms with van der Waals surface area (Å²) in [7, 11) is 0. The molecule has 0 unspecified atom stereocenters. The van der Waals surface area contributed by atoms with Crippen LogP contribution < -0.4 is 10.6 Å². The molecule has 2 N–H and O–H groups in total. The van der Waals surface area contributed by atoms with Crippen LogP contribution in [0.3, 0.4) is 0 Å². The standard InChI is InChI=1S/C14H22N4OS/c1-10-16-11(9-20-10)8-15-14(19)17-12-5-7-18-6-3-2-4-13(12)18/h9,12-13H,2-8H2,1H3,(H2,15,17,19)/t12-,13+/m0/s1. The molecule has 0 aliphatic carbocycles. The second-order valence-electron chi connectivity index (χ2n) is 5.68. The van der Waals surface area contributed by atoms with Crippen molar-refractivity contribution in [2.75, 3.05) is 13.1 Å². The molecule has 3 heterocycles. The molecular weight excluding hydrogens is 272 g/mol. The van der Waals surface area contributed by atoms with Gasteiger partial charge in [-0.15, -0.1) is 11.3 Å². The molecule has 110 valence electrons. The van der Waals surface area contributed by atoms with Crippen molar-refractivity contribution in [2.45, 2.75) is 51.2 Å². The SMILES string of the molecule is Cc1nc(CNC(=O)N[C@H]2CCN3CCCC[C@H]23)cs1. The molecule has 0 radical (unpaired) electrons. The third kappa shape index (κ3) is 3.12. The van der Waals surface area contributed by atoms with Gasteiger partial charge in [-0.05, 0) is 32.7 Å². The van der Waals surface area contributed by atoms with E-state index in [1.54, 1.807) is 11.3 Å². The number of carbonyl (C=O) groups excluding carboxylic acids is 1. The Bertz CT molecular complexity index is 475. The van der Waals surface area contributed by atoms with Crippen LogP contribution in [0.4, 0.5) is 4.79 Å². The van der Waals surface area contributed by atoms with Crippen molar-refractivity contribution < 1.29 is 4.79 Å². The first-order valence-electron chi connectivity index (χ1n) is 7.42. The Morgan fingerprint density at radius 1 is 1.45 bits per heavy atom. The van der Waals surface area contributed by atoms with Gasteiger partial charge in [-0.1, -0.05) is 6.42 Å². The summed E-state index contributed by atoms with van der Waals surface area (Å²) in [5.74, 6) is 0. The summed E-state index contributed by atoms with van der Waals surface area (Å²) in [4.78, 5) is 18.9. The van der Waals surface area contributed by atoms with Gasteiger partial charge >= 0.3 is 6.03 Å². The Morgan fingerprint density at radius 3 is 3.15 bits per heavy atom. The van der Waals surface area contributed by atoms with Crippen molar-refractivity contribution in [1.82, 2.24) is 20.5 Å². The number of aryl methyl sites for hydroxylation is 1. The van der Waals surface area contributed by atoms with Crippen LogP contribution in [-0.2, 0) is 6.54 Å². The summed E-state index contributed by atoms with van der Waals surface area (Å²) in [5.41, 5.74) is 0.938. The van der Waals surface area contributed by atoms with Crippen LogP contribution in [-0.4, -0.2) is 41.1 Å². The Kier molecular flexibility index (Phi) is 4.21. The Morgan fingerprint density at radius 2 is 2.35 bits per heavy atom. The highest BCUT2D eigenvalue weighted by molar-refractivity contribution is 7.09. The molecule has 2 aliphatic heterocycles. The van der Waals surface area contributed by atoms with E-state index in [2.05, 4.69) is 20.5 Å². The molecule has 0 spiro atoms. The molecule has 5 nitrogen and oxygen atoms in total. The van der Waals surface area contributed by atoms with E-state index in [9.17, 15) is 4.79 Å². The summed E-state index contributed by atoms with van der Waals surface area (Å²) in [5, 5.41) is 9.08. The van der Waals surface area contributed by atoms with Crippen LogP contribution in [0.25, 0.3) is 0 Å².